The van der Waals surface area contributed by atoms with E-state index in [1.807, 2.05) is 38.1 Å². The number of benzene rings is 2. The number of nitrogens with one attached hydrogen (secondary N) is 1. The summed E-state index contributed by atoms with van der Waals surface area (Å²) in [6.45, 7) is 5.32. The summed E-state index contributed by atoms with van der Waals surface area (Å²) in [7, 11) is -2.79. The number of aryl methyl sites for hydroxylation is 1. The molecule has 12 heteroatoms. The van der Waals surface area contributed by atoms with Crippen molar-refractivity contribution in [2.75, 3.05) is 30.8 Å². The number of hydrogen-bond donors (Lipinski definition) is 1. The molecule has 37 heavy (non-hydrogen) atoms. The number of methoxy groups -OCH3 is 1. The Bertz CT molecular complexity index is 1220. The molecule has 0 saturated carbocycles. The van der Waals surface area contributed by atoms with E-state index in [1.54, 1.807) is 6.92 Å². The normalized spacial score (nSPS) is 11.9. The number of ether oxygens (including phenoxy) is 1. The lowest BCUT2D eigenvalue weighted by Crippen LogP contribution is -2.51. The van der Waals surface area contributed by atoms with Crippen molar-refractivity contribution in [3.63, 3.8) is 0 Å². The van der Waals surface area contributed by atoms with Gasteiger partial charge in [-0.25, -0.2) is 8.42 Å². The van der Waals surface area contributed by atoms with Crippen molar-refractivity contribution in [3.05, 3.63) is 63.7 Å². The summed E-state index contributed by atoms with van der Waals surface area (Å²) in [5.41, 5.74) is 1.26. The Kier molecular flexibility index (Phi) is 10.4. The monoisotopic (exact) mass is 534 g/mol. The van der Waals surface area contributed by atoms with E-state index in [9.17, 15) is 28.1 Å². The molecule has 0 saturated heterocycles. The lowest BCUT2D eigenvalue weighted by Gasteiger charge is -2.31. The van der Waals surface area contributed by atoms with Crippen LogP contribution in [0.3, 0.4) is 0 Å². The topological polar surface area (TPSA) is 139 Å². The van der Waals surface area contributed by atoms with Crippen LogP contribution in [0.5, 0.6) is 5.75 Å². The third-order valence-corrected chi connectivity index (χ3v) is 6.92. The third-order valence-electron chi connectivity index (χ3n) is 5.79. The second-order valence-electron chi connectivity index (χ2n) is 8.71. The fraction of sp³-hybridized carbons (Fsp3) is 0.440. The first kappa shape index (κ1) is 29.6. The number of unbranched alkanes of at least 4 members (excludes halogenated alkanes) is 1. The molecule has 0 aromatic heterocycles. The smallest absolute Gasteiger partial charge is 0.271 e. The van der Waals surface area contributed by atoms with Crippen LogP contribution in [0.4, 0.5) is 11.4 Å². The van der Waals surface area contributed by atoms with E-state index in [1.165, 1.54) is 24.1 Å². The van der Waals surface area contributed by atoms with Crippen molar-refractivity contribution < 1.29 is 27.7 Å². The van der Waals surface area contributed by atoms with E-state index >= 15 is 0 Å². The molecule has 1 atom stereocenters. The summed E-state index contributed by atoms with van der Waals surface area (Å²) >= 11 is 0. The van der Waals surface area contributed by atoms with Crippen molar-refractivity contribution in [3.8, 4) is 5.75 Å². The zero-order valence-electron chi connectivity index (χ0n) is 21.8. The zero-order chi connectivity index (χ0) is 27.8. The molecule has 2 rings (SSSR count). The Hall–Kier alpha value is -3.67. The van der Waals surface area contributed by atoms with Gasteiger partial charge in [0.15, 0.2) is 0 Å². The van der Waals surface area contributed by atoms with Crippen molar-refractivity contribution in [2.45, 2.75) is 46.2 Å². The predicted octanol–water partition coefficient (Wildman–Crippen LogP) is 3.01. The minimum atomic E-state index is -4.08. The zero-order valence-corrected chi connectivity index (χ0v) is 22.6. The Labute approximate surface area is 217 Å². The minimum Gasteiger partial charge on any atom is -0.495 e. The van der Waals surface area contributed by atoms with Crippen LogP contribution in [0.15, 0.2) is 42.5 Å². The van der Waals surface area contributed by atoms with Gasteiger partial charge in [0.2, 0.25) is 21.8 Å². The van der Waals surface area contributed by atoms with Gasteiger partial charge < -0.3 is 15.0 Å². The van der Waals surface area contributed by atoms with Crippen LogP contribution in [-0.4, -0.2) is 62.6 Å². The fourth-order valence-corrected chi connectivity index (χ4v) is 4.44. The molecule has 0 aliphatic heterocycles. The number of nitrogens with zero attached hydrogens (tertiary/aromatic N) is 3. The van der Waals surface area contributed by atoms with Crippen molar-refractivity contribution in [2.24, 2.45) is 0 Å². The highest BCUT2D eigenvalue weighted by Crippen LogP contribution is 2.33. The summed E-state index contributed by atoms with van der Waals surface area (Å²) < 4.78 is 31.5. The number of rotatable bonds is 13. The molecule has 11 nitrogen and oxygen atoms in total. The number of nitro groups is 1. The molecular weight excluding hydrogens is 500 g/mol. The molecule has 0 fully saturated rings. The summed E-state index contributed by atoms with van der Waals surface area (Å²) in [5, 5.41) is 14.1. The van der Waals surface area contributed by atoms with Crippen LogP contribution in [0.2, 0.25) is 0 Å². The molecule has 2 aromatic rings. The highest BCUT2D eigenvalue weighted by Gasteiger charge is 2.32. The van der Waals surface area contributed by atoms with Gasteiger partial charge >= 0.3 is 0 Å². The van der Waals surface area contributed by atoms with Crippen LogP contribution < -0.4 is 14.4 Å². The van der Waals surface area contributed by atoms with Crippen molar-refractivity contribution >= 4 is 33.2 Å². The SMILES string of the molecule is CCCCNC(=O)[C@@H](C)N(Cc1ccc(C)cc1)C(=O)CN(c1cc([N+](=O)[O-])ccc1OC)S(C)(=O)=O. The Morgan fingerprint density at radius 3 is 2.35 bits per heavy atom. The quantitative estimate of drug-likeness (QED) is 0.237. The van der Waals surface area contributed by atoms with E-state index in [0.717, 1.165) is 40.6 Å². The van der Waals surface area contributed by atoms with Crippen LogP contribution in [0.1, 0.15) is 37.8 Å². The summed E-state index contributed by atoms with van der Waals surface area (Å²) in [6.07, 6.45) is 2.55. The van der Waals surface area contributed by atoms with Gasteiger partial charge in [-0.3, -0.25) is 24.0 Å². The number of anilines is 1. The van der Waals surface area contributed by atoms with Gasteiger partial charge in [-0.15, -0.1) is 0 Å². The average Bonchev–Trinajstić information content (AvgIpc) is 2.85. The maximum Gasteiger partial charge on any atom is 0.271 e. The number of nitro benzene ring substituents is 1. The number of non-ortho nitro benzene ring substituents is 1. The summed E-state index contributed by atoms with van der Waals surface area (Å²) in [6, 6.07) is 9.99. The minimum absolute atomic E-state index is 0.0410. The standard InChI is InChI=1S/C25H34N4O7S/c1-6-7-14-26-25(31)19(3)27(16-20-10-8-18(2)9-11-20)24(30)17-28(37(5,34)35)22-15-21(29(32)33)12-13-23(22)36-4/h8-13,15,19H,6-7,14,16-17H2,1-5H3,(H,26,31)/t19-/m1/s1. The average molecular weight is 535 g/mol. The number of carbonyl (C=O) groups is 2. The molecule has 1 N–H and O–H groups in total. The molecule has 0 heterocycles. The number of amides is 2. The molecule has 0 spiro atoms. The van der Waals surface area contributed by atoms with Gasteiger partial charge in [0.1, 0.15) is 24.0 Å². The van der Waals surface area contributed by atoms with Gasteiger partial charge in [-0.05, 0) is 31.9 Å². The summed E-state index contributed by atoms with van der Waals surface area (Å²) in [4.78, 5) is 38.4. The molecule has 0 aliphatic rings. The highest BCUT2D eigenvalue weighted by atomic mass is 32.2. The number of carbonyl (C=O) groups excluding carboxylic acids is 2. The Morgan fingerprint density at radius 2 is 1.81 bits per heavy atom. The molecule has 0 unspecified atom stereocenters. The second-order valence-corrected chi connectivity index (χ2v) is 10.6. The second kappa shape index (κ2) is 13.0. The number of hydrogen-bond acceptors (Lipinski definition) is 7. The van der Waals surface area contributed by atoms with E-state index in [0.29, 0.717) is 6.54 Å². The molecule has 202 valence electrons. The first-order valence-electron chi connectivity index (χ1n) is 11.8. The maximum atomic E-state index is 13.6. The van der Waals surface area contributed by atoms with Crippen molar-refractivity contribution in [1.82, 2.24) is 10.2 Å². The van der Waals surface area contributed by atoms with E-state index in [4.69, 9.17) is 4.74 Å². The van der Waals surface area contributed by atoms with Crippen molar-refractivity contribution in [1.29, 1.82) is 0 Å². The molecular formula is C25H34N4O7S. The van der Waals surface area contributed by atoms with E-state index < -0.39 is 33.4 Å². The highest BCUT2D eigenvalue weighted by molar-refractivity contribution is 7.92. The van der Waals surface area contributed by atoms with Crippen LogP contribution in [0.25, 0.3) is 0 Å². The Morgan fingerprint density at radius 1 is 1.16 bits per heavy atom. The molecule has 0 aliphatic carbocycles. The number of sulfonamides is 1. The van der Waals surface area contributed by atoms with Gasteiger partial charge in [-0.2, -0.15) is 0 Å². The fourth-order valence-electron chi connectivity index (χ4n) is 3.59. The molecule has 2 aromatic carbocycles. The third kappa shape index (κ3) is 8.17. The first-order valence-corrected chi connectivity index (χ1v) is 13.7. The van der Waals surface area contributed by atoms with E-state index in [2.05, 4.69) is 5.32 Å². The van der Waals surface area contributed by atoms with Gasteiger partial charge in [0, 0.05) is 25.2 Å². The first-order chi connectivity index (χ1) is 17.4. The van der Waals surface area contributed by atoms with Gasteiger partial charge in [0.05, 0.1) is 18.3 Å². The lowest BCUT2D eigenvalue weighted by atomic mass is 10.1. The van der Waals surface area contributed by atoms with Crippen LogP contribution >= 0.6 is 0 Å². The Balaban J connectivity index is 2.47. The van der Waals surface area contributed by atoms with Crippen LogP contribution in [-0.2, 0) is 26.2 Å². The van der Waals surface area contributed by atoms with Gasteiger partial charge in [-0.1, -0.05) is 43.2 Å². The predicted molar refractivity (Wildman–Crippen MR) is 141 cm³/mol. The molecule has 0 radical (unpaired) electrons. The van der Waals surface area contributed by atoms with Crippen LogP contribution in [0, 0.1) is 17.0 Å². The lowest BCUT2D eigenvalue weighted by molar-refractivity contribution is -0.384. The molecule has 2 amide bonds. The summed E-state index contributed by atoms with van der Waals surface area (Å²) in [5.74, 6) is -0.982. The van der Waals surface area contributed by atoms with Gasteiger partial charge in [0.25, 0.3) is 5.69 Å². The maximum absolute atomic E-state index is 13.6. The largest absolute Gasteiger partial charge is 0.495 e. The molecule has 0 bridgehead atoms. The van der Waals surface area contributed by atoms with E-state index in [-0.39, 0.29) is 29.6 Å².